The predicted octanol–water partition coefficient (Wildman–Crippen LogP) is 3.19. The normalized spacial score (nSPS) is 12.5. The van der Waals surface area contributed by atoms with E-state index in [1.165, 1.54) is 0 Å². The van der Waals surface area contributed by atoms with Gasteiger partial charge in [0, 0.05) is 44.3 Å². The molecule has 0 radical (unpaired) electrons. The highest BCUT2D eigenvalue weighted by atomic mass is 15.2. The molecule has 2 heterocycles. The summed E-state index contributed by atoms with van der Waals surface area (Å²) >= 11 is 0. The van der Waals surface area contributed by atoms with Crippen molar-refractivity contribution in [3.05, 3.63) is 41.7 Å². The molecule has 5 heteroatoms. The number of nitrogens with zero attached hydrogens (tertiary/aromatic N) is 5. The number of rotatable bonds is 6. The molecule has 0 bridgehead atoms. The third kappa shape index (κ3) is 4.23. The van der Waals surface area contributed by atoms with Crippen molar-refractivity contribution in [2.75, 3.05) is 19.0 Å². The maximum atomic E-state index is 4.63. The molecule has 5 nitrogen and oxygen atoms in total. The highest BCUT2D eigenvalue weighted by Gasteiger charge is 2.11. The SMILES string of the molecule is CC(C)c1ccnc(CCC(C)c2ccnc(N(C)C)n2)n1. The molecule has 0 saturated heterocycles. The first kappa shape index (κ1) is 16.3. The zero-order valence-corrected chi connectivity index (χ0v) is 14.1. The summed E-state index contributed by atoms with van der Waals surface area (Å²) in [7, 11) is 3.91. The number of aromatic nitrogens is 4. The van der Waals surface area contributed by atoms with E-state index in [-0.39, 0.29) is 0 Å². The summed E-state index contributed by atoms with van der Waals surface area (Å²) in [5, 5.41) is 0. The van der Waals surface area contributed by atoms with Gasteiger partial charge in [0.2, 0.25) is 5.95 Å². The van der Waals surface area contributed by atoms with E-state index in [9.17, 15) is 0 Å². The number of aryl methyl sites for hydroxylation is 1. The maximum absolute atomic E-state index is 4.63. The molecule has 0 aliphatic heterocycles. The van der Waals surface area contributed by atoms with Crippen molar-refractivity contribution in [1.82, 2.24) is 19.9 Å². The molecular weight excluding hydrogens is 274 g/mol. The van der Waals surface area contributed by atoms with E-state index in [0.29, 0.717) is 11.8 Å². The molecule has 1 unspecified atom stereocenters. The smallest absolute Gasteiger partial charge is 0.224 e. The molecular formula is C17H25N5. The quantitative estimate of drug-likeness (QED) is 0.820. The molecule has 118 valence electrons. The number of hydrogen-bond acceptors (Lipinski definition) is 5. The first-order chi connectivity index (χ1) is 10.5. The molecule has 0 aliphatic carbocycles. The summed E-state index contributed by atoms with van der Waals surface area (Å²) in [5.41, 5.74) is 2.17. The Morgan fingerprint density at radius 1 is 0.955 bits per heavy atom. The van der Waals surface area contributed by atoms with Gasteiger partial charge in [-0.05, 0) is 30.4 Å². The van der Waals surface area contributed by atoms with Crippen molar-refractivity contribution in [3.63, 3.8) is 0 Å². The van der Waals surface area contributed by atoms with E-state index in [4.69, 9.17) is 0 Å². The standard InChI is InChI=1S/C17H25N5/c1-12(2)14-8-10-18-16(20-14)7-6-13(3)15-9-11-19-17(21-15)22(4)5/h8-13H,6-7H2,1-5H3. The third-order valence-electron chi connectivity index (χ3n) is 3.69. The zero-order chi connectivity index (χ0) is 16.1. The number of anilines is 1. The fourth-order valence-corrected chi connectivity index (χ4v) is 2.20. The average Bonchev–Trinajstić information content (AvgIpc) is 2.53. The van der Waals surface area contributed by atoms with Gasteiger partial charge in [-0.2, -0.15) is 0 Å². The Balaban J connectivity index is 2.02. The van der Waals surface area contributed by atoms with Gasteiger partial charge in [0.15, 0.2) is 0 Å². The second-order valence-corrected chi connectivity index (χ2v) is 6.17. The van der Waals surface area contributed by atoms with Crippen LogP contribution in [0.2, 0.25) is 0 Å². The summed E-state index contributed by atoms with van der Waals surface area (Å²) in [5.74, 6) is 2.46. The second kappa shape index (κ2) is 7.29. The minimum atomic E-state index is 0.355. The first-order valence-electron chi connectivity index (χ1n) is 7.79. The van der Waals surface area contributed by atoms with Crippen LogP contribution in [0, 0.1) is 0 Å². The Morgan fingerprint density at radius 2 is 1.64 bits per heavy atom. The molecule has 0 aromatic carbocycles. The molecule has 0 aliphatic rings. The van der Waals surface area contributed by atoms with Crippen molar-refractivity contribution in [2.45, 2.75) is 45.4 Å². The van der Waals surface area contributed by atoms with Gasteiger partial charge in [0.25, 0.3) is 0 Å². The van der Waals surface area contributed by atoms with Crippen LogP contribution < -0.4 is 4.90 Å². The van der Waals surface area contributed by atoms with Crippen LogP contribution in [-0.4, -0.2) is 34.0 Å². The maximum Gasteiger partial charge on any atom is 0.224 e. The molecule has 1 atom stereocenters. The first-order valence-corrected chi connectivity index (χ1v) is 7.79. The van der Waals surface area contributed by atoms with Crippen LogP contribution >= 0.6 is 0 Å². The van der Waals surface area contributed by atoms with Crippen LogP contribution in [-0.2, 0) is 6.42 Å². The van der Waals surface area contributed by atoms with Crippen LogP contribution in [0.15, 0.2) is 24.5 Å². The molecule has 22 heavy (non-hydrogen) atoms. The van der Waals surface area contributed by atoms with Gasteiger partial charge in [0.05, 0.1) is 0 Å². The summed E-state index contributed by atoms with van der Waals surface area (Å²) in [6.45, 7) is 6.49. The summed E-state index contributed by atoms with van der Waals surface area (Å²) in [4.78, 5) is 19.8. The lowest BCUT2D eigenvalue weighted by atomic mass is 10.0. The van der Waals surface area contributed by atoms with Gasteiger partial charge in [-0.3, -0.25) is 0 Å². The van der Waals surface area contributed by atoms with E-state index >= 15 is 0 Å². The Labute approximate surface area is 132 Å². The van der Waals surface area contributed by atoms with E-state index in [1.54, 1.807) is 0 Å². The lowest BCUT2D eigenvalue weighted by Crippen LogP contribution is -2.14. The van der Waals surface area contributed by atoms with Gasteiger partial charge in [-0.25, -0.2) is 19.9 Å². The van der Waals surface area contributed by atoms with Crippen molar-refractivity contribution in [3.8, 4) is 0 Å². The van der Waals surface area contributed by atoms with Gasteiger partial charge in [-0.15, -0.1) is 0 Å². The highest BCUT2D eigenvalue weighted by Crippen LogP contribution is 2.20. The Morgan fingerprint density at radius 3 is 2.32 bits per heavy atom. The highest BCUT2D eigenvalue weighted by molar-refractivity contribution is 5.28. The van der Waals surface area contributed by atoms with Gasteiger partial charge in [0.1, 0.15) is 5.82 Å². The van der Waals surface area contributed by atoms with Crippen molar-refractivity contribution >= 4 is 5.95 Å². The molecule has 2 aromatic heterocycles. The lowest BCUT2D eigenvalue weighted by molar-refractivity contribution is 0.635. The van der Waals surface area contributed by atoms with Crippen LogP contribution in [0.3, 0.4) is 0 Å². The van der Waals surface area contributed by atoms with Gasteiger partial charge < -0.3 is 4.90 Å². The van der Waals surface area contributed by atoms with Crippen LogP contribution in [0.5, 0.6) is 0 Å². The van der Waals surface area contributed by atoms with Gasteiger partial charge in [-0.1, -0.05) is 20.8 Å². The van der Waals surface area contributed by atoms with Gasteiger partial charge >= 0.3 is 0 Å². The van der Waals surface area contributed by atoms with E-state index in [1.807, 2.05) is 43.5 Å². The summed E-state index contributed by atoms with van der Waals surface area (Å²) in [6, 6.07) is 3.98. The van der Waals surface area contributed by atoms with Crippen molar-refractivity contribution in [1.29, 1.82) is 0 Å². The van der Waals surface area contributed by atoms with E-state index in [2.05, 4.69) is 40.7 Å². The van der Waals surface area contributed by atoms with Crippen molar-refractivity contribution in [2.24, 2.45) is 0 Å². The molecule has 0 amide bonds. The molecule has 2 aromatic rings. The van der Waals surface area contributed by atoms with Crippen LogP contribution in [0.1, 0.15) is 56.2 Å². The fraction of sp³-hybridized carbons (Fsp3) is 0.529. The Hall–Kier alpha value is -2.04. The Bertz CT molecular complexity index is 610. The fourth-order valence-electron chi connectivity index (χ4n) is 2.20. The molecule has 0 N–H and O–H groups in total. The monoisotopic (exact) mass is 299 g/mol. The summed E-state index contributed by atoms with van der Waals surface area (Å²) < 4.78 is 0. The minimum absolute atomic E-state index is 0.355. The largest absolute Gasteiger partial charge is 0.347 e. The van der Waals surface area contributed by atoms with E-state index in [0.717, 1.165) is 36.0 Å². The predicted molar refractivity (Wildman–Crippen MR) is 89.2 cm³/mol. The van der Waals surface area contributed by atoms with E-state index < -0.39 is 0 Å². The van der Waals surface area contributed by atoms with Crippen LogP contribution in [0.25, 0.3) is 0 Å². The molecule has 2 rings (SSSR count). The lowest BCUT2D eigenvalue weighted by Gasteiger charge is -2.14. The zero-order valence-electron chi connectivity index (χ0n) is 14.1. The third-order valence-corrected chi connectivity index (χ3v) is 3.69. The van der Waals surface area contributed by atoms with Crippen molar-refractivity contribution < 1.29 is 0 Å². The second-order valence-electron chi connectivity index (χ2n) is 6.17. The topological polar surface area (TPSA) is 54.8 Å². The Kier molecular flexibility index (Phi) is 5.41. The molecule has 0 saturated carbocycles. The average molecular weight is 299 g/mol. The number of hydrogen-bond donors (Lipinski definition) is 0. The summed E-state index contributed by atoms with van der Waals surface area (Å²) in [6.07, 6.45) is 5.52. The van der Waals surface area contributed by atoms with Crippen LogP contribution in [0.4, 0.5) is 5.95 Å². The molecule has 0 fully saturated rings. The minimum Gasteiger partial charge on any atom is -0.347 e. The molecule has 0 spiro atoms.